The maximum absolute atomic E-state index is 12.4. The van der Waals surface area contributed by atoms with Gasteiger partial charge in [0.25, 0.3) is 0 Å². The van der Waals surface area contributed by atoms with E-state index in [9.17, 15) is 4.79 Å². The van der Waals surface area contributed by atoms with E-state index in [4.69, 9.17) is 4.74 Å². The zero-order chi connectivity index (χ0) is 11.5. The molecular formula is C14H24O2. The Hall–Kier alpha value is -0.370. The molecule has 2 aliphatic rings. The molecule has 16 heavy (non-hydrogen) atoms. The molecule has 2 unspecified atom stereocenters. The number of Topliss-reactive ketones (excluding diaryl/α,β-unsaturated/α-hetero) is 1. The molecule has 2 atom stereocenters. The average Bonchev–Trinajstić information content (AvgIpc) is 2.77. The third-order valence-corrected chi connectivity index (χ3v) is 4.40. The van der Waals surface area contributed by atoms with E-state index < -0.39 is 0 Å². The number of hydrogen-bond acceptors (Lipinski definition) is 2. The maximum Gasteiger partial charge on any atom is 0.141 e. The summed E-state index contributed by atoms with van der Waals surface area (Å²) in [6.07, 6.45) is 6.87. The highest BCUT2D eigenvalue weighted by molar-refractivity contribution is 5.84. The molecule has 2 fully saturated rings. The first kappa shape index (κ1) is 12.1. The van der Waals surface area contributed by atoms with Crippen molar-refractivity contribution in [3.05, 3.63) is 0 Å². The number of rotatable bonds is 3. The Morgan fingerprint density at radius 2 is 1.88 bits per heavy atom. The predicted octanol–water partition coefficient (Wildman–Crippen LogP) is 3.20. The van der Waals surface area contributed by atoms with E-state index in [-0.39, 0.29) is 12.0 Å². The van der Waals surface area contributed by atoms with Gasteiger partial charge in [0.05, 0.1) is 6.10 Å². The molecule has 0 radical (unpaired) electrons. The predicted molar refractivity (Wildman–Crippen MR) is 64.3 cm³/mol. The molecule has 1 saturated heterocycles. The van der Waals surface area contributed by atoms with E-state index in [0.717, 1.165) is 38.2 Å². The molecule has 0 amide bonds. The van der Waals surface area contributed by atoms with Crippen LogP contribution in [0.25, 0.3) is 0 Å². The quantitative estimate of drug-likeness (QED) is 0.736. The van der Waals surface area contributed by atoms with Crippen molar-refractivity contribution in [3.63, 3.8) is 0 Å². The summed E-state index contributed by atoms with van der Waals surface area (Å²) in [6.45, 7) is 5.21. The van der Waals surface area contributed by atoms with Crippen LogP contribution in [-0.2, 0) is 9.53 Å². The highest BCUT2D eigenvalue weighted by atomic mass is 16.5. The van der Waals surface area contributed by atoms with Crippen LogP contribution >= 0.6 is 0 Å². The SMILES string of the molecule is CCC1OCCC1C(=O)C1CCC(C)CC1. The van der Waals surface area contributed by atoms with E-state index in [1.807, 2.05) is 0 Å². The van der Waals surface area contributed by atoms with E-state index in [0.29, 0.717) is 11.7 Å². The molecular weight excluding hydrogens is 200 g/mol. The summed E-state index contributed by atoms with van der Waals surface area (Å²) in [5.74, 6) is 1.89. The Morgan fingerprint density at radius 3 is 2.50 bits per heavy atom. The van der Waals surface area contributed by atoms with Crippen LogP contribution in [0.5, 0.6) is 0 Å². The van der Waals surface area contributed by atoms with E-state index >= 15 is 0 Å². The van der Waals surface area contributed by atoms with Gasteiger partial charge in [0, 0.05) is 18.4 Å². The summed E-state index contributed by atoms with van der Waals surface area (Å²) in [4.78, 5) is 12.4. The molecule has 92 valence electrons. The van der Waals surface area contributed by atoms with Crippen LogP contribution in [0.1, 0.15) is 52.4 Å². The van der Waals surface area contributed by atoms with Crippen molar-refractivity contribution in [2.24, 2.45) is 17.8 Å². The highest BCUT2D eigenvalue weighted by Gasteiger charge is 2.37. The summed E-state index contributed by atoms with van der Waals surface area (Å²) >= 11 is 0. The fraction of sp³-hybridized carbons (Fsp3) is 0.929. The Labute approximate surface area is 98.7 Å². The number of hydrogen-bond donors (Lipinski definition) is 0. The van der Waals surface area contributed by atoms with E-state index in [2.05, 4.69) is 13.8 Å². The standard InChI is InChI=1S/C14H24O2/c1-3-13-12(8-9-16-13)14(15)11-6-4-10(2)5-7-11/h10-13H,3-9H2,1-2H3. The number of ketones is 1. The maximum atomic E-state index is 12.4. The zero-order valence-corrected chi connectivity index (χ0v) is 10.6. The molecule has 2 nitrogen and oxygen atoms in total. The number of ether oxygens (including phenoxy) is 1. The Kier molecular flexibility index (Phi) is 4.01. The summed E-state index contributed by atoms with van der Waals surface area (Å²) in [6, 6.07) is 0. The summed E-state index contributed by atoms with van der Waals surface area (Å²) in [5, 5.41) is 0. The van der Waals surface area contributed by atoms with Gasteiger partial charge in [-0.2, -0.15) is 0 Å². The third kappa shape index (κ3) is 2.48. The van der Waals surface area contributed by atoms with Gasteiger partial charge in [-0.3, -0.25) is 4.79 Å². The normalized spacial score (nSPS) is 39.9. The van der Waals surface area contributed by atoms with Gasteiger partial charge in [0.2, 0.25) is 0 Å². The second-order valence-corrected chi connectivity index (χ2v) is 5.57. The molecule has 2 rings (SSSR count). The Bertz CT molecular complexity index is 241. The van der Waals surface area contributed by atoms with Crippen LogP contribution in [-0.4, -0.2) is 18.5 Å². The van der Waals surface area contributed by atoms with Crippen LogP contribution in [0.3, 0.4) is 0 Å². The average molecular weight is 224 g/mol. The minimum Gasteiger partial charge on any atom is -0.377 e. The lowest BCUT2D eigenvalue weighted by molar-refractivity contribution is -0.129. The highest BCUT2D eigenvalue weighted by Crippen LogP contribution is 2.34. The Balaban J connectivity index is 1.91. The molecule has 0 aromatic heterocycles. The van der Waals surface area contributed by atoms with Crippen LogP contribution in [0.2, 0.25) is 0 Å². The first-order chi connectivity index (χ1) is 7.72. The van der Waals surface area contributed by atoms with Crippen LogP contribution < -0.4 is 0 Å². The van der Waals surface area contributed by atoms with Gasteiger partial charge >= 0.3 is 0 Å². The third-order valence-electron chi connectivity index (χ3n) is 4.40. The molecule has 1 saturated carbocycles. The first-order valence-electron chi connectivity index (χ1n) is 6.87. The largest absolute Gasteiger partial charge is 0.377 e. The fourth-order valence-electron chi connectivity index (χ4n) is 3.22. The van der Waals surface area contributed by atoms with Gasteiger partial charge < -0.3 is 4.74 Å². The van der Waals surface area contributed by atoms with Gasteiger partial charge in [0.1, 0.15) is 5.78 Å². The monoisotopic (exact) mass is 224 g/mol. The molecule has 1 heterocycles. The van der Waals surface area contributed by atoms with Gasteiger partial charge in [-0.25, -0.2) is 0 Å². The van der Waals surface area contributed by atoms with Gasteiger partial charge in [-0.05, 0) is 31.6 Å². The van der Waals surface area contributed by atoms with Crippen molar-refractivity contribution >= 4 is 5.78 Å². The summed E-state index contributed by atoms with van der Waals surface area (Å²) in [5.41, 5.74) is 0. The molecule has 0 spiro atoms. The van der Waals surface area contributed by atoms with E-state index in [1.165, 1.54) is 12.8 Å². The lowest BCUT2D eigenvalue weighted by atomic mass is 9.76. The lowest BCUT2D eigenvalue weighted by Crippen LogP contribution is -2.31. The molecule has 0 aromatic rings. The topological polar surface area (TPSA) is 26.3 Å². The molecule has 0 aromatic carbocycles. The summed E-state index contributed by atoms with van der Waals surface area (Å²) in [7, 11) is 0. The van der Waals surface area contributed by atoms with Crippen molar-refractivity contribution in [1.29, 1.82) is 0 Å². The van der Waals surface area contributed by atoms with Crippen molar-refractivity contribution in [3.8, 4) is 0 Å². The second-order valence-electron chi connectivity index (χ2n) is 5.57. The Morgan fingerprint density at radius 1 is 1.19 bits per heavy atom. The minimum absolute atomic E-state index is 0.211. The van der Waals surface area contributed by atoms with Crippen LogP contribution in [0, 0.1) is 17.8 Å². The van der Waals surface area contributed by atoms with Crippen LogP contribution in [0.15, 0.2) is 0 Å². The molecule has 1 aliphatic carbocycles. The number of carbonyl (C=O) groups excluding carboxylic acids is 1. The van der Waals surface area contributed by atoms with Crippen molar-refractivity contribution in [2.45, 2.75) is 58.5 Å². The second kappa shape index (κ2) is 5.31. The molecule has 0 bridgehead atoms. The van der Waals surface area contributed by atoms with Crippen LogP contribution in [0.4, 0.5) is 0 Å². The smallest absolute Gasteiger partial charge is 0.141 e. The summed E-state index contributed by atoms with van der Waals surface area (Å²) < 4.78 is 5.63. The molecule has 2 heteroatoms. The van der Waals surface area contributed by atoms with Crippen molar-refractivity contribution in [2.75, 3.05) is 6.61 Å². The molecule has 1 aliphatic heterocycles. The van der Waals surface area contributed by atoms with Crippen molar-refractivity contribution in [1.82, 2.24) is 0 Å². The first-order valence-corrected chi connectivity index (χ1v) is 6.87. The van der Waals surface area contributed by atoms with Gasteiger partial charge in [0.15, 0.2) is 0 Å². The van der Waals surface area contributed by atoms with Gasteiger partial charge in [-0.15, -0.1) is 0 Å². The van der Waals surface area contributed by atoms with Gasteiger partial charge in [-0.1, -0.05) is 26.7 Å². The van der Waals surface area contributed by atoms with E-state index in [1.54, 1.807) is 0 Å². The van der Waals surface area contributed by atoms with Crippen molar-refractivity contribution < 1.29 is 9.53 Å². The minimum atomic E-state index is 0.211. The zero-order valence-electron chi connectivity index (χ0n) is 10.6. The number of carbonyl (C=O) groups is 1. The lowest BCUT2D eigenvalue weighted by Gasteiger charge is -2.28. The molecule has 0 N–H and O–H groups in total. The fourth-order valence-corrected chi connectivity index (χ4v) is 3.22.